The van der Waals surface area contributed by atoms with Crippen LogP contribution >= 0.6 is 34.5 Å². The molecule has 0 saturated carbocycles. The fraction of sp³-hybridized carbons (Fsp3) is 0.385. The van der Waals surface area contributed by atoms with Crippen LogP contribution in [-0.4, -0.2) is 15.7 Å². The molecule has 0 aliphatic rings. The molecule has 1 heterocycles. The van der Waals surface area contributed by atoms with Crippen LogP contribution < -0.4 is 5.32 Å². The Morgan fingerprint density at radius 3 is 2.58 bits per heavy atom. The maximum Gasteiger partial charge on any atom is 0.149 e. The van der Waals surface area contributed by atoms with Gasteiger partial charge >= 0.3 is 0 Å². The number of benzene rings is 1. The summed E-state index contributed by atoms with van der Waals surface area (Å²) in [7, 11) is 0. The highest BCUT2D eigenvalue weighted by Gasteiger charge is 2.13. The molecule has 102 valence electrons. The topological polar surface area (TPSA) is 37.8 Å². The molecule has 2 aromatic rings. The Morgan fingerprint density at radius 1 is 1.21 bits per heavy atom. The van der Waals surface area contributed by atoms with Crippen LogP contribution in [0.25, 0.3) is 10.6 Å². The van der Waals surface area contributed by atoms with E-state index in [1.807, 2.05) is 6.07 Å². The molecule has 2 rings (SSSR count). The fourth-order valence-electron chi connectivity index (χ4n) is 1.44. The summed E-state index contributed by atoms with van der Waals surface area (Å²) < 4.78 is 0. The van der Waals surface area contributed by atoms with Crippen molar-refractivity contribution in [2.45, 2.75) is 32.9 Å². The van der Waals surface area contributed by atoms with E-state index in [-0.39, 0.29) is 5.54 Å². The summed E-state index contributed by atoms with van der Waals surface area (Å²) in [5.74, 6) is 0. The lowest BCUT2D eigenvalue weighted by Crippen LogP contribution is -2.35. The Morgan fingerprint density at radius 2 is 1.95 bits per heavy atom. The van der Waals surface area contributed by atoms with E-state index in [0.29, 0.717) is 16.6 Å². The van der Waals surface area contributed by atoms with E-state index in [9.17, 15) is 0 Å². The molecule has 0 aliphatic heterocycles. The number of aromatic nitrogens is 2. The quantitative estimate of drug-likeness (QED) is 0.912. The van der Waals surface area contributed by atoms with Gasteiger partial charge in [-0.05, 0) is 39.0 Å². The van der Waals surface area contributed by atoms with Gasteiger partial charge < -0.3 is 5.32 Å². The first-order valence-corrected chi connectivity index (χ1v) is 7.45. The molecule has 1 N–H and O–H groups in total. The van der Waals surface area contributed by atoms with Gasteiger partial charge in [-0.2, -0.15) is 0 Å². The number of halogens is 2. The minimum atomic E-state index is 0.0593. The second kappa shape index (κ2) is 5.75. The molecule has 19 heavy (non-hydrogen) atoms. The molecule has 0 fully saturated rings. The van der Waals surface area contributed by atoms with E-state index in [1.165, 1.54) is 11.3 Å². The van der Waals surface area contributed by atoms with E-state index in [4.69, 9.17) is 23.2 Å². The molecule has 0 radical (unpaired) electrons. The normalized spacial score (nSPS) is 11.8. The number of hydrogen-bond acceptors (Lipinski definition) is 4. The number of hydrogen-bond donors (Lipinski definition) is 1. The van der Waals surface area contributed by atoms with Crippen LogP contribution in [0.15, 0.2) is 18.2 Å². The molecule has 0 amide bonds. The number of nitrogens with zero attached hydrogens (tertiary/aromatic N) is 2. The first-order chi connectivity index (χ1) is 8.85. The van der Waals surface area contributed by atoms with Crippen LogP contribution in [0.4, 0.5) is 0 Å². The molecule has 3 nitrogen and oxygen atoms in total. The average Bonchev–Trinajstić information content (AvgIpc) is 2.74. The Kier molecular flexibility index (Phi) is 4.46. The first kappa shape index (κ1) is 14.7. The van der Waals surface area contributed by atoms with E-state index < -0.39 is 0 Å². The van der Waals surface area contributed by atoms with Gasteiger partial charge in [0.15, 0.2) is 0 Å². The molecule has 1 aromatic heterocycles. The predicted molar refractivity (Wildman–Crippen MR) is 82.0 cm³/mol. The van der Waals surface area contributed by atoms with Gasteiger partial charge in [-0.3, -0.25) is 0 Å². The van der Waals surface area contributed by atoms with Crippen molar-refractivity contribution in [3.05, 3.63) is 33.3 Å². The van der Waals surface area contributed by atoms with E-state index in [1.54, 1.807) is 12.1 Å². The molecule has 6 heteroatoms. The molecule has 0 unspecified atom stereocenters. The molecule has 1 aromatic carbocycles. The van der Waals surface area contributed by atoms with Gasteiger partial charge in [0.2, 0.25) is 0 Å². The van der Waals surface area contributed by atoms with Gasteiger partial charge in [0.1, 0.15) is 10.0 Å². The van der Waals surface area contributed by atoms with E-state index >= 15 is 0 Å². The Balaban J connectivity index is 2.16. The van der Waals surface area contributed by atoms with Gasteiger partial charge in [0.05, 0.1) is 11.6 Å². The Hall–Kier alpha value is -0.680. The molecular weight excluding hydrogens is 301 g/mol. The second-order valence-corrected chi connectivity index (χ2v) is 7.13. The lowest BCUT2D eigenvalue weighted by Gasteiger charge is -2.19. The van der Waals surface area contributed by atoms with Crippen molar-refractivity contribution < 1.29 is 0 Å². The smallest absolute Gasteiger partial charge is 0.149 e. The van der Waals surface area contributed by atoms with Crippen molar-refractivity contribution in [1.82, 2.24) is 15.5 Å². The highest BCUT2D eigenvalue weighted by Crippen LogP contribution is 2.32. The molecule has 0 atom stereocenters. The average molecular weight is 316 g/mol. The lowest BCUT2D eigenvalue weighted by molar-refractivity contribution is 0.423. The summed E-state index contributed by atoms with van der Waals surface area (Å²) in [5, 5.41) is 14.7. The lowest BCUT2D eigenvalue weighted by atomic mass is 10.1. The zero-order chi connectivity index (χ0) is 14.0. The Labute approximate surface area is 127 Å². The standard InChI is InChI=1S/C13H15Cl2N3S/c1-13(2,3)16-7-11-17-18-12(19-11)9-5-4-8(14)6-10(9)15/h4-6,16H,7H2,1-3H3. The highest BCUT2D eigenvalue weighted by molar-refractivity contribution is 7.14. The second-order valence-electron chi connectivity index (χ2n) is 5.23. The SMILES string of the molecule is CC(C)(C)NCc1nnc(-c2ccc(Cl)cc2Cl)s1. The predicted octanol–water partition coefficient (Wildman–Crippen LogP) is 4.40. The van der Waals surface area contributed by atoms with Crippen LogP contribution in [0.1, 0.15) is 25.8 Å². The number of nitrogens with one attached hydrogen (secondary N) is 1. The monoisotopic (exact) mass is 315 g/mol. The van der Waals surface area contributed by atoms with Crippen molar-refractivity contribution in [3.8, 4) is 10.6 Å². The highest BCUT2D eigenvalue weighted by atomic mass is 35.5. The van der Waals surface area contributed by atoms with Crippen molar-refractivity contribution in [3.63, 3.8) is 0 Å². The minimum Gasteiger partial charge on any atom is -0.306 e. The van der Waals surface area contributed by atoms with Crippen LogP contribution in [0.2, 0.25) is 10.0 Å². The van der Waals surface area contributed by atoms with Crippen molar-refractivity contribution in [2.24, 2.45) is 0 Å². The minimum absolute atomic E-state index is 0.0593. The van der Waals surface area contributed by atoms with Crippen molar-refractivity contribution in [1.29, 1.82) is 0 Å². The van der Waals surface area contributed by atoms with Gasteiger partial charge in [0.25, 0.3) is 0 Å². The summed E-state index contributed by atoms with van der Waals surface area (Å²) >= 11 is 13.6. The van der Waals surface area contributed by atoms with Gasteiger partial charge in [-0.1, -0.05) is 34.5 Å². The molecule has 0 spiro atoms. The largest absolute Gasteiger partial charge is 0.306 e. The third kappa shape index (κ3) is 4.14. The van der Waals surface area contributed by atoms with Gasteiger partial charge in [0, 0.05) is 16.1 Å². The van der Waals surface area contributed by atoms with Crippen molar-refractivity contribution in [2.75, 3.05) is 0 Å². The van der Waals surface area contributed by atoms with Crippen molar-refractivity contribution >= 4 is 34.5 Å². The maximum atomic E-state index is 6.16. The third-order valence-corrected chi connectivity index (χ3v) is 3.90. The van der Waals surface area contributed by atoms with Crippen LogP contribution in [0, 0.1) is 0 Å². The molecule has 0 saturated heterocycles. The molecule has 0 bridgehead atoms. The van der Waals surface area contributed by atoms with Crippen LogP contribution in [0.5, 0.6) is 0 Å². The van der Waals surface area contributed by atoms with E-state index in [0.717, 1.165) is 15.6 Å². The molecular formula is C13H15Cl2N3S. The zero-order valence-corrected chi connectivity index (χ0v) is 13.3. The van der Waals surface area contributed by atoms with E-state index in [2.05, 4.69) is 36.3 Å². The third-order valence-electron chi connectivity index (χ3n) is 2.40. The zero-order valence-electron chi connectivity index (χ0n) is 11.0. The van der Waals surface area contributed by atoms with Crippen LogP contribution in [-0.2, 0) is 6.54 Å². The summed E-state index contributed by atoms with van der Waals surface area (Å²) in [6.07, 6.45) is 0. The summed E-state index contributed by atoms with van der Waals surface area (Å²) in [4.78, 5) is 0. The Bertz CT molecular complexity index is 576. The van der Waals surface area contributed by atoms with Gasteiger partial charge in [-0.15, -0.1) is 10.2 Å². The summed E-state index contributed by atoms with van der Waals surface area (Å²) in [6.45, 7) is 7.05. The maximum absolute atomic E-state index is 6.16. The van der Waals surface area contributed by atoms with Gasteiger partial charge in [-0.25, -0.2) is 0 Å². The molecule has 0 aliphatic carbocycles. The summed E-state index contributed by atoms with van der Waals surface area (Å²) in [5.41, 5.74) is 0.926. The fourth-order valence-corrected chi connectivity index (χ4v) is 2.81. The number of rotatable bonds is 3. The first-order valence-electron chi connectivity index (χ1n) is 5.88. The van der Waals surface area contributed by atoms with Crippen LogP contribution in [0.3, 0.4) is 0 Å². The summed E-state index contributed by atoms with van der Waals surface area (Å²) in [6, 6.07) is 5.39.